The third-order valence-corrected chi connectivity index (χ3v) is 4.35. The molecule has 0 spiro atoms. The molecule has 6 heteroatoms. The van der Waals surface area contributed by atoms with Crippen molar-refractivity contribution >= 4 is 35.1 Å². The molecule has 0 bridgehead atoms. The Morgan fingerprint density at radius 2 is 2.53 bits per heavy atom. The summed E-state index contributed by atoms with van der Waals surface area (Å²) in [6, 6.07) is 1.54. The summed E-state index contributed by atoms with van der Waals surface area (Å²) in [4.78, 5) is 15.7. The van der Waals surface area contributed by atoms with Gasteiger partial charge in [-0.2, -0.15) is 11.8 Å². The monoisotopic (exact) mass is 271 g/mol. The predicted octanol–water partition coefficient (Wildman–Crippen LogP) is 1.94. The summed E-state index contributed by atoms with van der Waals surface area (Å²) in [5.41, 5.74) is 5.94. The second kappa shape index (κ2) is 5.60. The van der Waals surface area contributed by atoms with Gasteiger partial charge in [-0.25, -0.2) is 4.98 Å². The van der Waals surface area contributed by atoms with Crippen molar-refractivity contribution in [3.63, 3.8) is 0 Å². The van der Waals surface area contributed by atoms with Gasteiger partial charge in [0.25, 0.3) is 5.91 Å². The third-order valence-electron chi connectivity index (χ3n) is 2.65. The minimum absolute atomic E-state index is 0.146. The van der Waals surface area contributed by atoms with Gasteiger partial charge in [-0.3, -0.25) is 4.79 Å². The van der Waals surface area contributed by atoms with Gasteiger partial charge in [-0.1, -0.05) is 11.6 Å². The molecule has 17 heavy (non-hydrogen) atoms. The number of nitrogens with one attached hydrogen (secondary N) is 1. The molecular formula is C11H14ClN3OS. The van der Waals surface area contributed by atoms with Crippen LogP contribution >= 0.6 is 23.4 Å². The summed E-state index contributed by atoms with van der Waals surface area (Å²) in [5.74, 6) is 1.29. The summed E-state index contributed by atoms with van der Waals surface area (Å²) in [6.45, 7) is 0.700. The first-order valence-electron chi connectivity index (χ1n) is 5.47. The number of carbonyl (C=O) groups excluding carboxylic acids is 1. The van der Waals surface area contributed by atoms with Crippen molar-refractivity contribution in [2.45, 2.75) is 18.1 Å². The maximum Gasteiger partial charge on any atom is 0.252 e. The van der Waals surface area contributed by atoms with Crippen LogP contribution in [0.2, 0.25) is 5.02 Å². The molecule has 1 unspecified atom stereocenters. The summed E-state index contributed by atoms with van der Waals surface area (Å²) in [6.07, 6.45) is 3.85. The highest BCUT2D eigenvalue weighted by Crippen LogP contribution is 2.25. The number of hydrogen-bond donors (Lipinski definition) is 2. The molecule has 1 aliphatic heterocycles. The van der Waals surface area contributed by atoms with Gasteiger partial charge in [0.1, 0.15) is 5.82 Å². The highest BCUT2D eigenvalue weighted by atomic mass is 35.5. The Hall–Kier alpha value is -0.940. The third kappa shape index (κ3) is 3.26. The Bertz CT molecular complexity index is 421. The van der Waals surface area contributed by atoms with Crippen LogP contribution in [0.5, 0.6) is 0 Å². The second-order valence-corrected chi connectivity index (χ2v) is 5.75. The van der Waals surface area contributed by atoms with Crippen molar-refractivity contribution in [3.05, 3.63) is 22.8 Å². The van der Waals surface area contributed by atoms with Gasteiger partial charge in [0.15, 0.2) is 0 Å². The van der Waals surface area contributed by atoms with Gasteiger partial charge in [-0.15, -0.1) is 0 Å². The van der Waals surface area contributed by atoms with Gasteiger partial charge in [0.05, 0.1) is 10.6 Å². The van der Waals surface area contributed by atoms with E-state index in [1.807, 2.05) is 11.8 Å². The number of thioether (sulfide) groups is 1. The summed E-state index contributed by atoms with van der Waals surface area (Å²) < 4.78 is 0. The lowest BCUT2D eigenvalue weighted by atomic mass is 10.2. The van der Waals surface area contributed by atoms with Crippen molar-refractivity contribution in [1.29, 1.82) is 0 Å². The molecule has 4 nitrogen and oxygen atoms in total. The number of carbonyl (C=O) groups is 1. The summed E-state index contributed by atoms with van der Waals surface area (Å²) in [7, 11) is 0. The lowest BCUT2D eigenvalue weighted by molar-refractivity contribution is 0.0953. The van der Waals surface area contributed by atoms with Crippen molar-refractivity contribution < 1.29 is 4.79 Å². The molecule has 1 fully saturated rings. The van der Waals surface area contributed by atoms with Crippen LogP contribution in [0.3, 0.4) is 0 Å². The molecule has 1 aromatic rings. The zero-order valence-electron chi connectivity index (χ0n) is 9.28. The van der Waals surface area contributed by atoms with E-state index in [-0.39, 0.29) is 11.7 Å². The zero-order valence-corrected chi connectivity index (χ0v) is 10.9. The molecule has 0 radical (unpaired) electrons. The first-order valence-corrected chi connectivity index (χ1v) is 6.90. The average Bonchev–Trinajstić information content (AvgIpc) is 2.82. The Labute approximate surface area is 109 Å². The molecule has 0 aliphatic carbocycles. The summed E-state index contributed by atoms with van der Waals surface area (Å²) >= 11 is 7.72. The number of nitrogen functional groups attached to an aromatic ring is 1. The second-order valence-electron chi connectivity index (χ2n) is 3.94. The minimum Gasteiger partial charge on any atom is -0.382 e. The van der Waals surface area contributed by atoms with Crippen LogP contribution in [0.1, 0.15) is 23.2 Å². The number of nitrogens with two attached hydrogens (primary N) is 1. The van der Waals surface area contributed by atoms with Crippen LogP contribution in [-0.4, -0.2) is 28.4 Å². The maximum atomic E-state index is 11.8. The first-order chi connectivity index (χ1) is 8.16. The van der Waals surface area contributed by atoms with Crippen molar-refractivity contribution in [2.75, 3.05) is 18.0 Å². The first kappa shape index (κ1) is 12.5. The molecule has 2 heterocycles. The number of nitrogens with zero attached hydrogens (tertiary/aromatic N) is 1. The fourth-order valence-corrected chi connectivity index (χ4v) is 3.05. The van der Waals surface area contributed by atoms with E-state index >= 15 is 0 Å². The minimum atomic E-state index is -0.146. The van der Waals surface area contributed by atoms with Gasteiger partial charge < -0.3 is 11.1 Å². The van der Waals surface area contributed by atoms with Crippen LogP contribution in [0.25, 0.3) is 0 Å². The molecule has 1 amide bonds. The van der Waals surface area contributed by atoms with Gasteiger partial charge >= 0.3 is 0 Å². The van der Waals surface area contributed by atoms with E-state index in [4.69, 9.17) is 17.3 Å². The van der Waals surface area contributed by atoms with Crippen molar-refractivity contribution in [2.24, 2.45) is 0 Å². The SMILES string of the molecule is Nc1ncc(C(=O)NCC2CCCS2)cc1Cl. The van der Waals surface area contributed by atoms with Crippen LogP contribution < -0.4 is 11.1 Å². The lowest BCUT2D eigenvalue weighted by Gasteiger charge is -2.10. The molecule has 3 N–H and O–H groups in total. The van der Waals surface area contributed by atoms with Crippen molar-refractivity contribution in [1.82, 2.24) is 10.3 Å². The van der Waals surface area contributed by atoms with Gasteiger partial charge in [-0.05, 0) is 24.7 Å². The van der Waals surface area contributed by atoms with E-state index in [9.17, 15) is 4.79 Å². The Balaban J connectivity index is 1.92. The quantitative estimate of drug-likeness (QED) is 0.882. The fourth-order valence-electron chi connectivity index (χ4n) is 1.69. The molecule has 0 aromatic carbocycles. The van der Waals surface area contributed by atoms with E-state index in [0.29, 0.717) is 22.4 Å². The molecule has 92 valence electrons. The average molecular weight is 272 g/mol. The smallest absolute Gasteiger partial charge is 0.252 e. The molecular weight excluding hydrogens is 258 g/mol. The number of pyridine rings is 1. The number of rotatable bonds is 3. The molecule has 1 aromatic heterocycles. The molecule has 0 saturated carbocycles. The van der Waals surface area contributed by atoms with Crippen LogP contribution in [-0.2, 0) is 0 Å². The Morgan fingerprint density at radius 3 is 3.18 bits per heavy atom. The lowest BCUT2D eigenvalue weighted by Crippen LogP contribution is -2.29. The van der Waals surface area contributed by atoms with E-state index in [1.54, 1.807) is 6.07 Å². The fraction of sp³-hybridized carbons (Fsp3) is 0.455. The normalized spacial score (nSPS) is 19.2. The topological polar surface area (TPSA) is 68.0 Å². The number of halogens is 1. The van der Waals surface area contributed by atoms with E-state index < -0.39 is 0 Å². The number of amides is 1. The van der Waals surface area contributed by atoms with Crippen LogP contribution in [0, 0.1) is 0 Å². The molecule has 2 rings (SSSR count). The number of aromatic nitrogens is 1. The van der Waals surface area contributed by atoms with Gasteiger partial charge in [0, 0.05) is 18.0 Å². The van der Waals surface area contributed by atoms with Crippen LogP contribution in [0.4, 0.5) is 5.82 Å². The Morgan fingerprint density at radius 1 is 1.71 bits per heavy atom. The highest BCUT2D eigenvalue weighted by molar-refractivity contribution is 8.00. The number of anilines is 1. The zero-order chi connectivity index (χ0) is 12.3. The highest BCUT2D eigenvalue weighted by Gasteiger charge is 2.17. The predicted molar refractivity (Wildman–Crippen MR) is 71.5 cm³/mol. The molecule has 1 saturated heterocycles. The standard InChI is InChI=1S/C11H14ClN3OS/c12-9-4-7(5-14-10(9)13)11(16)15-6-8-2-1-3-17-8/h4-5,8H,1-3,6H2,(H2,13,14)(H,15,16). The van der Waals surface area contributed by atoms with Crippen LogP contribution in [0.15, 0.2) is 12.3 Å². The molecule has 1 atom stereocenters. The largest absolute Gasteiger partial charge is 0.382 e. The Kier molecular flexibility index (Phi) is 4.12. The van der Waals surface area contributed by atoms with E-state index in [2.05, 4.69) is 10.3 Å². The van der Waals surface area contributed by atoms with Crippen molar-refractivity contribution in [3.8, 4) is 0 Å². The van der Waals surface area contributed by atoms with Gasteiger partial charge in [0.2, 0.25) is 0 Å². The maximum absolute atomic E-state index is 11.8. The number of hydrogen-bond acceptors (Lipinski definition) is 4. The molecule has 1 aliphatic rings. The van der Waals surface area contributed by atoms with E-state index in [0.717, 1.165) is 0 Å². The van der Waals surface area contributed by atoms with E-state index in [1.165, 1.54) is 24.8 Å². The summed E-state index contributed by atoms with van der Waals surface area (Å²) in [5, 5.41) is 3.74.